The molecule has 1 aromatic carbocycles. The van der Waals surface area contributed by atoms with E-state index in [9.17, 15) is 18.8 Å². The van der Waals surface area contributed by atoms with Gasteiger partial charge in [0.05, 0.1) is 28.0 Å². The van der Waals surface area contributed by atoms with Crippen LogP contribution >= 0.6 is 11.6 Å². The zero-order chi connectivity index (χ0) is 42.0. The zero-order valence-electron chi connectivity index (χ0n) is 33.5. The van der Waals surface area contributed by atoms with Crippen LogP contribution in [0.15, 0.2) is 54.7 Å². The van der Waals surface area contributed by atoms with Crippen LogP contribution in [0.5, 0.6) is 0 Å². The molecule has 4 fully saturated rings. The molecule has 3 aromatic heterocycles. The number of piperazine rings is 1. The highest BCUT2D eigenvalue weighted by Gasteiger charge is 2.47. The van der Waals surface area contributed by atoms with Crippen LogP contribution < -0.4 is 20.4 Å². The zero-order valence-corrected chi connectivity index (χ0v) is 34.3. The van der Waals surface area contributed by atoms with E-state index in [2.05, 4.69) is 45.5 Å². The summed E-state index contributed by atoms with van der Waals surface area (Å²) in [6.45, 7) is 6.73. The number of urea groups is 1. The number of hydrogen-bond acceptors (Lipinski definition) is 10. The number of H-pyrrole nitrogens is 1. The molecule has 0 atom stereocenters. The lowest BCUT2D eigenvalue weighted by Gasteiger charge is -2.46. The molecule has 0 bridgehead atoms. The van der Waals surface area contributed by atoms with Crippen LogP contribution in [0.2, 0.25) is 5.02 Å². The number of rotatable bonds is 11. The topological polar surface area (TPSA) is 146 Å². The number of imide groups is 1. The van der Waals surface area contributed by atoms with Crippen molar-refractivity contribution in [1.82, 2.24) is 40.2 Å². The molecule has 0 saturated carbocycles. The van der Waals surface area contributed by atoms with E-state index >= 15 is 8.78 Å². The fourth-order valence-electron chi connectivity index (χ4n) is 8.80. The molecule has 4 saturated heterocycles. The second kappa shape index (κ2) is 17.4. The third-order valence-corrected chi connectivity index (χ3v) is 12.6. The number of nitrogens with zero attached hydrogens (tertiary/aromatic N) is 8. The Kier molecular flexibility index (Phi) is 12.0. The first-order valence-electron chi connectivity index (χ1n) is 20.5. The van der Waals surface area contributed by atoms with Crippen molar-refractivity contribution < 1.29 is 27.6 Å². The van der Waals surface area contributed by atoms with Gasteiger partial charge in [-0.15, -0.1) is 0 Å². The Morgan fingerprint density at radius 1 is 0.900 bits per heavy atom. The van der Waals surface area contributed by atoms with Gasteiger partial charge in [0, 0.05) is 102 Å². The maximum atomic E-state index is 16.6. The van der Waals surface area contributed by atoms with Gasteiger partial charge in [-0.3, -0.25) is 34.7 Å². The van der Waals surface area contributed by atoms with Crippen molar-refractivity contribution in [1.29, 1.82) is 0 Å². The van der Waals surface area contributed by atoms with E-state index in [0.717, 1.165) is 11.5 Å². The van der Waals surface area contributed by atoms with Gasteiger partial charge in [-0.2, -0.15) is 5.10 Å². The predicted molar refractivity (Wildman–Crippen MR) is 221 cm³/mol. The molecule has 0 unspecified atom stereocenters. The minimum Gasteiger partial charge on any atom is -0.354 e. The molecule has 0 aliphatic carbocycles. The molecule has 3 N–H and O–H groups in total. The molecular formula is C42H49ClF3N11O3. The van der Waals surface area contributed by atoms with Crippen LogP contribution in [-0.2, 0) is 22.6 Å². The number of halogens is 4. The Hall–Kier alpha value is -5.26. The second-order valence-electron chi connectivity index (χ2n) is 16.5. The highest BCUT2D eigenvalue weighted by molar-refractivity contribution is 6.30. The summed E-state index contributed by atoms with van der Waals surface area (Å²) in [7, 11) is 0. The maximum Gasteiger partial charge on any atom is 0.328 e. The summed E-state index contributed by atoms with van der Waals surface area (Å²) in [4.78, 5) is 57.2. The fourth-order valence-corrected chi connectivity index (χ4v) is 9.00. The number of benzene rings is 1. The number of aromatic nitrogens is 4. The minimum absolute atomic E-state index is 0.0527. The van der Waals surface area contributed by atoms with E-state index in [4.69, 9.17) is 11.6 Å². The average molecular weight is 848 g/mol. The van der Waals surface area contributed by atoms with E-state index in [0.29, 0.717) is 88.1 Å². The van der Waals surface area contributed by atoms with Gasteiger partial charge in [0.2, 0.25) is 11.8 Å². The molecule has 8 rings (SSSR count). The predicted octanol–water partition coefficient (Wildman–Crippen LogP) is 5.61. The monoisotopic (exact) mass is 847 g/mol. The van der Waals surface area contributed by atoms with E-state index in [1.165, 1.54) is 23.1 Å². The minimum atomic E-state index is -1.48. The number of likely N-dealkylation sites (tertiary alicyclic amines) is 2. The van der Waals surface area contributed by atoms with Crippen molar-refractivity contribution in [3.05, 3.63) is 88.3 Å². The summed E-state index contributed by atoms with van der Waals surface area (Å²) >= 11 is 6.06. The number of alkyl halides is 1. The lowest BCUT2D eigenvalue weighted by atomic mass is 9.72. The number of carbonyl (C=O) groups excluding carboxylic acids is 3. The third-order valence-electron chi connectivity index (χ3n) is 12.3. The van der Waals surface area contributed by atoms with Crippen LogP contribution in [0.1, 0.15) is 49.1 Å². The molecule has 14 nitrogen and oxygen atoms in total. The van der Waals surface area contributed by atoms with Gasteiger partial charge in [-0.05, 0) is 63.2 Å². The van der Waals surface area contributed by atoms with Gasteiger partial charge in [0.25, 0.3) is 0 Å². The van der Waals surface area contributed by atoms with Crippen LogP contribution in [0.25, 0.3) is 0 Å². The summed E-state index contributed by atoms with van der Waals surface area (Å²) in [5, 5.41) is 12.5. The van der Waals surface area contributed by atoms with E-state index < -0.39 is 28.7 Å². The molecule has 60 heavy (non-hydrogen) atoms. The fraction of sp³-hybridized carbons (Fsp3) is 0.476. The van der Waals surface area contributed by atoms with Gasteiger partial charge in [-0.1, -0.05) is 23.7 Å². The largest absolute Gasteiger partial charge is 0.354 e. The van der Waals surface area contributed by atoms with Gasteiger partial charge < -0.3 is 15.1 Å². The van der Waals surface area contributed by atoms with Crippen LogP contribution in [-0.4, -0.2) is 124 Å². The highest BCUT2D eigenvalue weighted by Crippen LogP contribution is 2.40. The Morgan fingerprint density at radius 3 is 2.35 bits per heavy atom. The SMILES string of the molecule is Cc1cc(Nc2ccc(F)c(CC3(C(=O)N4CCC(F)(CN5CCN(c6ccc(N7CCC(=O)NC7=O)cn6)CC5)CC4)CCN(Cc4cccc(Cl)c4F)CC3)n2)n[nH]1. The van der Waals surface area contributed by atoms with Gasteiger partial charge in [0.15, 0.2) is 5.82 Å². The molecule has 0 spiro atoms. The molecule has 318 valence electrons. The Labute approximate surface area is 351 Å². The lowest BCUT2D eigenvalue weighted by Crippen LogP contribution is -2.57. The summed E-state index contributed by atoms with van der Waals surface area (Å²) < 4.78 is 47.0. The Morgan fingerprint density at radius 2 is 1.67 bits per heavy atom. The van der Waals surface area contributed by atoms with Gasteiger partial charge >= 0.3 is 6.03 Å². The maximum absolute atomic E-state index is 16.6. The number of aryl methyl sites for hydroxylation is 1. The number of aromatic amines is 1. The van der Waals surface area contributed by atoms with Crippen molar-refractivity contribution >= 4 is 52.6 Å². The second-order valence-corrected chi connectivity index (χ2v) is 16.9. The summed E-state index contributed by atoms with van der Waals surface area (Å²) in [6.07, 6.45) is 3.06. The number of amides is 4. The summed E-state index contributed by atoms with van der Waals surface area (Å²) in [5.74, 6) is 0.273. The number of anilines is 4. The molecule has 4 aliphatic heterocycles. The van der Waals surface area contributed by atoms with Gasteiger partial charge in [-0.25, -0.2) is 27.9 Å². The normalized spacial score (nSPS) is 20.0. The number of carbonyl (C=O) groups is 3. The van der Waals surface area contributed by atoms with Crippen molar-refractivity contribution in [2.24, 2.45) is 5.41 Å². The van der Waals surface area contributed by atoms with Crippen LogP contribution in [0.4, 0.5) is 41.1 Å². The molecular weight excluding hydrogens is 799 g/mol. The summed E-state index contributed by atoms with van der Waals surface area (Å²) in [5.41, 5.74) is -0.403. The average Bonchev–Trinajstić information content (AvgIpc) is 3.65. The smallest absolute Gasteiger partial charge is 0.328 e. The third kappa shape index (κ3) is 9.22. The van der Waals surface area contributed by atoms with E-state index in [-0.39, 0.29) is 67.8 Å². The quantitative estimate of drug-likeness (QED) is 0.174. The molecule has 0 radical (unpaired) electrons. The first-order valence-corrected chi connectivity index (χ1v) is 20.9. The van der Waals surface area contributed by atoms with Crippen molar-refractivity contribution in [3.8, 4) is 0 Å². The van der Waals surface area contributed by atoms with Crippen molar-refractivity contribution in [3.63, 3.8) is 0 Å². The molecule has 4 amide bonds. The molecule has 4 aromatic rings. The lowest BCUT2D eigenvalue weighted by molar-refractivity contribution is -0.148. The standard InChI is InChI=1S/C42H49ClF3N11O3/c1-28-23-35(52-51-28)49-34-7-6-32(44)33(48-34)24-41(10-15-53(16-11-41)26-29-3-2-4-31(43)38(29)45)39(59)56-17-12-42(46,13-18-56)27-54-19-21-55(22-20-54)36-8-5-30(25-47-36)57-14-9-37(58)50-40(57)60/h2-8,23,25H,9-22,24,26-27H2,1H3,(H,50,58,60)(H2,48,49,51,52). The number of nitrogens with one attached hydrogen (secondary N) is 3. The first-order chi connectivity index (χ1) is 28.8. The Bertz CT molecular complexity index is 2200. The van der Waals surface area contributed by atoms with Crippen molar-refractivity contribution in [2.45, 2.75) is 57.7 Å². The number of pyridine rings is 2. The van der Waals surface area contributed by atoms with E-state index in [1.807, 2.05) is 19.1 Å². The Balaban J connectivity index is 0.897. The van der Waals surface area contributed by atoms with Crippen molar-refractivity contribution in [2.75, 3.05) is 80.6 Å². The summed E-state index contributed by atoms with van der Waals surface area (Å²) in [6, 6.07) is 12.8. The van der Waals surface area contributed by atoms with Gasteiger partial charge in [0.1, 0.15) is 28.9 Å². The molecule has 4 aliphatic rings. The van der Waals surface area contributed by atoms with E-state index in [1.54, 1.807) is 29.3 Å². The van der Waals surface area contributed by atoms with Crippen LogP contribution in [0, 0.1) is 24.0 Å². The molecule has 7 heterocycles. The highest BCUT2D eigenvalue weighted by atomic mass is 35.5. The van der Waals surface area contributed by atoms with Crippen LogP contribution in [0.3, 0.4) is 0 Å². The number of piperidine rings is 2. The number of hydrogen-bond donors (Lipinski definition) is 3. The first kappa shape index (κ1) is 41.5. The molecule has 18 heteroatoms.